The number of carbonyl (C=O) groups is 4. The van der Waals surface area contributed by atoms with Gasteiger partial charge in [0.25, 0.3) is 11.8 Å². The Labute approximate surface area is 139 Å². The Morgan fingerprint density at radius 1 is 0.958 bits per heavy atom. The predicted molar refractivity (Wildman–Crippen MR) is 84.2 cm³/mol. The molecule has 0 aliphatic heterocycles. The molecule has 1 aromatic carbocycles. The second-order valence-corrected chi connectivity index (χ2v) is 5.00. The molecule has 0 unspecified atom stereocenters. The number of aryl methyl sites for hydroxylation is 2. The van der Waals surface area contributed by atoms with Crippen LogP contribution in [0, 0.1) is 13.8 Å². The summed E-state index contributed by atoms with van der Waals surface area (Å²) in [6, 6.07) is 5.19. The van der Waals surface area contributed by atoms with E-state index < -0.39 is 30.4 Å². The summed E-state index contributed by atoms with van der Waals surface area (Å²) in [4.78, 5) is 45.5. The molecule has 130 valence electrons. The molecule has 2 N–H and O–H groups in total. The summed E-state index contributed by atoms with van der Waals surface area (Å²) in [5.74, 6) is -2.44. The number of rotatable bonds is 7. The Kier molecular flexibility index (Phi) is 7.41. The maximum Gasteiger partial charge on any atom is 0.325 e. The number of hydrogen-bond acceptors (Lipinski definition) is 6. The molecule has 8 nitrogen and oxygen atoms in total. The first-order chi connectivity index (χ1) is 11.3. The third-order valence-electron chi connectivity index (χ3n) is 3.18. The molecular formula is C16H20N2O6. The van der Waals surface area contributed by atoms with E-state index in [0.29, 0.717) is 5.56 Å². The minimum atomic E-state index is -0.764. The van der Waals surface area contributed by atoms with E-state index in [1.807, 2.05) is 19.9 Å². The van der Waals surface area contributed by atoms with Crippen LogP contribution < -0.4 is 10.6 Å². The molecule has 8 heteroatoms. The molecule has 1 rings (SSSR count). The molecule has 0 aliphatic carbocycles. The first kappa shape index (κ1) is 19.1. The Balaban J connectivity index is 2.32. The SMILES string of the molecule is COC(=O)CNC(=O)COC(=O)CNC(=O)c1ccc(C)c(C)c1. The van der Waals surface area contributed by atoms with Crippen molar-refractivity contribution in [2.24, 2.45) is 0 Å². The van der Waals surface area contributed by atoms with Crippen LogP contribution in [-0.4, -0.2) is 50.6 Å². The summed E-state index contributed by atoms with van der Waals surface area (Å²) in [7, 11) is 1.19. The van der Waals surface area contributed by atoms with Crippen molar-refractivity contribution < 1.29 is 28.7 Å². The van der Waals surface area contributed by atoms with Crippen molar-refractivity contribution in [2.45, 2.75) is 13.8 Å². The fourth-order valence-corrected chi connectivity index (χ4v) is 1.63. The number of benzene rings is 1. The third-order valence-corrected chi connectivity index (χ3v) is 3.18. The third kappa shape index (κ3) is 6.47. The zero-order valence-electron chi connectivity index (χ0n) is 13.8. The molecule has 0 bridgehead atoms. The van der Waals surface area contributed by atoms with Gasteiger partial charge in [0.2, 0.25) is 0 Å². The van der Waals surface area contributed by atoms with Gasteiger partial charge in [-0.25, -0.2) is 0 Å². The van der Waals surface area contributed by atoms with Crippen molar-refractivity contribution in [3.05, 3.63) is 34.9 Å². The first-order valence-corrected chi connectivity index (χ1v) is 7.18. The zero-order valence-corrected chi connectivity index (χ0v) is 13.8. The van der Waals surface area contributed by atoms with E-state index in [1.165, 1.54) is 7.11 Å². The van der Waals surface area contributed by atoms with Crippen molar-refractivity contribution in [3.8, 4) is 0 Å². The van der Waals surface area contributed by atoms with E-state index >= 15 is 0 Å². The van der Waals surface area contributed by atoms with Crippen molar-refractivity contribution in [1.29, 1.82) is 0 Å². The van der Waals surface area contributed by atoms with Gasteiger partial charge in [-0.2, -0.15) is 0 Å². The predicted octanol–water partition coefficient (Wildman–Crippen LogP) is -0.134. The average Bonchev–Trinajstić information content (AvgIpc) is 2.57. The van der Waals surface area contributed by atoms with Gasteiger partial charge in [-0.1, -0.05) is 6.07 Å². The van der Waals surface area contributed by atoms with Gasteiger partial charge in [-0.05, 0) is 37.1 Å². The lowest BCUT2D eigenvalue weighted by atomic mass is 10.1. The van der Waals surface area contributed by atoms with Crippen molar-refractivity contribution in [1.82, 2.24) is 10.6 Å². The molecule has 0 fully saturated rings. The van der Waals surface area contributed by atoms with Gasteiger partial charge in [0.05, 0.1) is 7.11 Å². The molecule has 0 saturated heterocycles. The first-order valence-electron chi connectivity index (χ1n) is 7.18. The average molecular weight is 336 g/mol. The van der Waals surface area contributed by atoms with E-state index in [2.05, 4.69) is 20.1 Å². The molecule has 24 heavy (non-hydrogen) atoms. The highest BCUT2D eigenvalue weighted by Gasteiger charge is 2.12. The van der Waals surface area contributed by atoms with E-state index in [4.69, 9.17) is 0 Å². The van der Waals surface area contributed by atoms with Crippen LogP contribution in [0.1, 0.15) is 21.5 Å². The van der Waals surface area contributed by atoms with Crippen LogP contribution in [0.2, 0.25) is 0 Å². The summed E-state index contributed by atoms with van der Waals surface area (Å²) in [5, 5.41) is 4.62. The maximum absolute atomic E-state index is 11.9. The van der Waals surface area contributed by atoms with E-state index in [0.717, 1.165) is 11.1 Å². The largest absolute Gasteiger partial charge is 0.468 e. The highest BCUT2D eigenvalue weighted by atomic mass is 16.5. The van der Waals surface area contributed by atoms with Crippen LogP contribution in [0.4, 0.5) is 0 Å². The Hall–Kier alpha value is -2.90. The van der Waals surface area contributed by atoms with Gasteiger partial charge < -0.3 is 20.1 Å². The van der Waals surface area contributed by atoms with Gasteiger partial charge in [0.15, 0.2) is 6.61 Å². The summed E-state index contributed by atoms with van der Waals surface area (Å²) in [6.07, 6.45) is 0. The number of carbonyl (C=O) groups excluding carboxylic acids is 4. The normalized spacial score (nSPS) is 9.79. The monoisotopic (exact) mass is 336 g/mol. The fourth-order valence-electron chi connectivity index (χ4n) is 1.63. The lowest BCUT2D eigenvalue weighted by molar-refractivity contribution is -0.148. The van der Waals surface area contributed by atoms with E-state index in [9.17, 15) is 19.2 Å². The van der Waals surface area contributed by atoms with Crippen LogP contribution >= 0.6 is 0 Å². The Morgan fingerprint density at radius 2 is 1.62 bits per heavy atom. The second kappa shape index (κ2) is 9.29. The van der Waals surface area contributed by atoms with Crippen LogP contribution in [0.25, 0.3) is 0 Å². The number of esters is 2. The number of nitrogens with one attached hydrogen (secondary N) is 2. The van der Waals surface area contributed by atoms with Crippen LogP contribution in [0.5, 0.6) is 0 Å². The Morgan fingerprint density at radius 3 is 2.25 bits per heavy atom. The lowest BCUT2D eigenvalue weighted by Gasteiger charge is -2.08. The molecule has 0 aromatic heterocycles. The van der Waals surface area contributed by atoms with Gasteiger partial charge in [0.1, 0.15) is 13.1 Å². The van der Waals surface area contributed by atoms with Gasteiger partial charge in [-0.15, -0.1) is 0 Å². The topological polar surface area (TPSA) is 111 Å². The van der Waals surface area contributed by atoms with Gasteiger partial charge in [-0.3, -0.25) is 19.2 Å². The molecule has 0 saturated carbocycles. The number of hydrogen-bond donors (Lipinski definition) is 2. The molecule has 0 heterocycles. The van der Waals surface area contributed by atoms with Gasteiger partial charge >= 0.3 is 11.9 Å². The van der Waals surface area contributed by atoms with Crippen molar-refractivity contribution >= 4 is 23.8 Å². The quantitative estimate of drug-likeness (QED) is 0.671. The minimum Gasteiger partial charge on any atom is -0.468 e. The molecule has 0 spiro atoms. The Bertz CT molecular complexity index is 641. The molecule has 0 atom stereocenters. The summed E-state index contributed by atoms with van der Waals surface area (Å²) >= 11 is 0. The number of ether oxygens (including phenoxy) is 2. The van der Waals surface area contributed by atoms with Crippen LogP contribution in [0.15, 0.2) is 18.2 Å². The van der Waals surface area contributed by atoms with Crippen molar-refractivity contribution in [2.75, 3.05) is 26.8 Å². The summed E-state index contributed by atoms with van der Waals surface area (Å²) in [5.41, 5.74) is 2.46. The molecule has 1 aromatic rings. The van der Waals surface area contributed by atoms with Crippen LogP contribution in [-0.2, 0) is 23.9 Å². The molecular weight excluding hydrogens is 316 g/mol. The highest BCUT2D eigenvalue weighted by molar-refractivity contribution is 5.96. The minimum absolute atomic E-state index is 0.309. The molecule has 0 radical (unpaired) electrons. The number of amides is 2. The smallest absolute Gasteiger partial charge is 0.325 e. The summed E-state index contributed by atoms with van der Waals surface area (Å²) in [6.45, 7) is 2.59. The molecule has 2 amide bonds. The van der Waals surface area contributed by atoms with Gasteiger partial charge in [0, 0.05) is 5.56 Å². The van der Waals surface area contributed by atoms with E-state index in [1.54, 1.807) is 12.1 Å². The zero-order chi connectivity index (χ0) is 18.1. The lowest BCUT2D eigenvalue weighted by Crippen LogP contribution is -2.36. The van der Waals surface area contributed by atoms with E-state index in [-0.39, 0.29) is 13.1 Å². The number of methoxy groups -OCH3 is 1. The molecule has 0 aliphatic rings. The summed E-state index contributed by atoms with van der Waals surface area (Å²) < 4.78 is 9.02. The fraction of sp³-hybridized carbons (Fsp3) is 0.375. The maximum atomic E-state index is 11.9. The van der Waals surface area contributed by atoms with Crippen LogP contribution in [0.3, 0.4) is 0 Å². The standard InChI is InChI=1S/C16H20N2O6/c1-10-4-5-12(6-11(10)2)16(22)18-8-15(21)24-9-13(19)17-7-14(20)23-3/h4-6H,7-9H2,1-3H3,(H,17,19)(H,18,22). The van der Waals surface area contributed by atoms with Crippen molar-refractivity contribution in [3.63, 3.8) is 0 Å². The highest BCUT2D eigenvalue weighted by Crippen LogP contribution is 2.09. The second-order valence-electron chi connectivity index (χ2n) is 5.00.